The zero-order valence-electron chi connectivity index (χ0n) is 18.7. The largest absolute Gasteiger partial charge is 0.323 e. The second-order valence-electron chi connectivity index (χ2n) is 7.47. The number of para-hydroxylation sites is 1. The Kier molecular flexibility index (Phi) is 7.35. The fourth-order valence-electron chi connectivity index (χ4n) is 3.40. The number of halogens is 2. The Morgan fingerprint density at radius 3 is 2.50 bits per heavy atom. The molecule has 3 rings (SSSR count). The normalized spacial score (nSPS) is 11.5. The van der Waals surface area contributed by atoms with Crippen LogP contribution in [-0.2, 0) is 13.0 Å². The predicted octanol–water partition coefficient (Wildman–Crippen LogP) is 4.55. The van der Waals surface area contributed by atoms with E-state index in [2.05, 4.69) is 20.7 Å². The first kappa shape index (κ1) is 23.1. The molecule has 32 heavy (non-hydrogen) atoms. The van der Waals surface area contributed by atoms with Crippen LogP contribution in [0.15, 0.2) is 47.5 Å². The van der Waals surface area contributed by atoms with E-state index in [0.29, 0.717) is 18.5 Å². The monoisotopic (exact) mass is 439 g/mol. The molecule has 0 saturated heterocycles. The van der Waals surface area contributed by atoms with Gasteiger partial charge in [-0.3, -0.25) is 19.8 Å². The number of anilines is 1. The molecule has 1 aromatic heterocycles. The Morgan fingerprint density at radius 1 is 1.09 bits per heavy atom. The topological polar surface area (TPSA) is 71.3 Å². The molecule has 0 bridgehead atoms. The average molecular weight is 440 g/mol. The summed E-state index contributed by atoms with van der Waals surface area (Å²) < 4.78 is 30.0. The lowest BCUT2D eigenvalue weighted by Crippen LogP contribution is -2.36. The van der Waals surface area contributed by atoms with Gasteiger partial charge < -0.3 is 5.32 Å². The van der Waals surface area contributed by atoms with Crippen molar-refractivity contribution in [2.24, 2.45) is 4.99 Å². The zero-order valence-corrected chi connectivity index (χ0v) is 18.7. The van der Waals surface area contributed by atoms with E-state index in [0.717, 1.165) is 29.6 Å². The van der Waals surface area contributed by atoms with Crippen molar-refractivity contribution < 1.29 is 13.6 Å². The Hall–Kier alpha value is -3.55. The van der Waals surface area contributed by atoms with Crippen molar-refractivity contribution in [1.29, 1.82) is 0 Å². The number of rotatable bonds is 6. The third-order valence-corrected chi connectivity index (χ3v) is 5.26. The van der Waals surface area contributed by atoms with Crippen molar-refractivity contribution >= 4 is 17.6 Å². The van der Waals surface area contributed by atoms with E-state index >= 15 is 0 Å². The van der Waals surface area contributed by atoms with Gasteiger partial charge in [-0.15, -0.1) is 0 Å². The summed E-state index contributed by atoms with van der Waals surface area (Å²) in [5, 5.41) is 9.97. The van der Waals surface area contributed by atoms with Crippen molar-refractivity contribution in [2.45, 2.75) is 40.7 Å². The highest BCUT2D eigenvalue weighted by Crippen LogP contribution is 2.15. The minimum atomic E-state index is -0.544. The summed E-state index contributed by atoms with van der Waals surface area (Å²) in [6.07, 6.45) is 0.606. The highest BCUT2D eigenvalue weighted by molar-refractivity contribution is 6.10. The van der Waals surface area contributed by atoms with E-state index in [1.165, 1.54) is 18.2 Å². The van der Waals surface area contributed by atoms with Crippen molar-refractivity contribution in [2.75, 3.05) is 11.9 Å². The van der Waals surface area contributed by atoms with Crippen molar-refractivity contribution in [3.05, 3.63) is 82.2 Å². The Balaban J connectivity index is 1.81. The van der Waals surface area contributed by atoms with Crippen LogP contribution in [0.2, 0.25) is 0 Å². The summed E-state index contributed by atoms with van der Waals surface area (Å²) in [5.41, 5.74) is 3.86. The summed E-state index contributed by atoms with van der Waals surface area (Å²) in [6.45, 7) is 8.73. The summed E-state index contributed by atoms with van der Waals surface area (Å²) in [6, 6.07) is 10.3. The van der Waals surface area contributed by atoms with Gasteiger partial charge in [0, 0.05) is 24.3 Å². The molecule has 1 heterocycles. The molecule has 3 aromatic rings. The molecule has 0 unspecified atom stereocenters. The Labute approximate surface area is 186 Å². The number of aryl methyl sites for hydroxylation is 3. The number of carbonyl (C=O) groups is 1. The van der Waals surface area contributed by atoms with E-state index < -0.39 is 17.5 Å². The first-order valence-corrected chi connectivity index (χ1v) is 10.5. The van der Waals surface area contributed by atoms with Crippen LogP contribution >= 0.6 is 0 Å². The minimum Gasteiger partial charge on any atom is -0.323 e. The molecular formula is C24H27F2N5O. The summed E-state index contributed by atoms with van der Waals surface area (Å²) in [4.78, 5) is 17.1. The maximum absolute atomic E-state index is 14.2. The van der Waals surface area contributed by atoms with E-state index in [1.807, 2.05) is 25.5 Å². The van der Waals surface area contributed by atoms with Crippen LogP contribution in [0.25, 0.3) is 0 Å². The quantitative estimate of drug-likeness (QED) is 0.437. The van der Waals surface area contributed by atoms with Gasteiger partial charge in [0.2, 0.25) is 5.96 Å². The first-order valence-electron chi connectivity index (χ1n) is 10.5. The highest BCUT2D eigenvalue weighted by Gasteiger charge is 2.14. The summed E-state index contributed by atoms with van der Waals surface area (Å²) in [5.74, 6) is -1.42. The van der Waals surface area contributed by atoms with E-state index in [1.54, 1.807) is 25.1 Å². The SMILES string of the molecule is CCn1nc(C)c(CCN=C(NC(=O)c2ccc(C)c(F)c2)Nc2ccccc2F)c1C. The number of guanidine groups is 1. The van der Waals surface area contributed by atoms with Gasteiger partial charge in [-0.2, -0.15) is 5.10 Å². The fraction of sp³-hybridized carbons (Fsp3) is 0.292. The number of aromatic nitrogens is 2. The molecule has 0 aliphatic heterocycles. The zero-order chi connectivity index (χ0) is 23.3. The molecule has 2 aromatic carbocycles. The van der Waals surface area contributed by atoms with E-state index in [-0.39, 0.29) is 17.2 Å². The number of nitrogens with one attached hydrogen (secondary N) is 2. The third kappa shape index (κ3) is 5.38. The van der Waals surface area contributed by atoms with Crippen LogP contribution in [0, 0.1) is 32.4 Å². The van der Waals surface area contributed by atoms with Gasteiger partial charge in [-0.1, -0.05) is 18.2 Å². The van der Waals surface area contributed by atoms with Crippen molar-refractivity contribution in [3.63, 3.8) is 0 Å². The lowest BCUT2D eigenvalue weighted by molar-refractivity contribution is 0.0976. The van der Waals surface area contributed by atoms with Gasteiger partial charge in [0.05, 0.1) is 11.4 Å². The molecule has 0 saturated carbocycles. The number of aliphatic imine (C=N–C) groups is 1. The highest BCUT2D eigenvalue weighted by atomic mass is 19.1. The minimum absolute atomic E-state index is 0.0827. The smallest absolute Gasteiger partial charge is 0.258 e. The second-order valence-corrected chi connectivity index (χ2v) is 7.47. The Bertz CT molecular complexity index is 1150. The molecule has 2 N–H and O–H groups in total. The summed E-state index contributed by atoms with van der Waals surface area (Å²) >= 11 is 0. The molecule has 0 spiro atoms. The number of hydrogen-bond donors (Lipinski definition) is 2. The molecule has 0 aliphatic rings. The van der Waals surface area contributed by atoms with E-state index in [9.17, 15) is 13.6 Å². The van der Waals surface area contributed by atoms with Crippen LogP contribution in [-0.4, -0.2) is 28.2 Å². The average Bonchev–Trinajstić information content (AvgIpc) is 3.04. The second kappa shape index (κ2) is 10.2. The van der Waals surface area contributed by atoms with Gasteiger partial charge in [-0.25, -0.2) is 8.78 Å². The number of nitrogens with zero attached hydrogens (tertiary/aromatic N) is 3. The molecule has 1 amide bonds. The van der Waals surface area contributed by atoms with E-state index in [4.69, 9.17) is 0 Å². The third-order valence-electron chi connectivity index (χ3n) is 5.26. The molecule has 6 nitrogen and oxygen atoms in total. The van der Waals surface area contributed by atoms with Gasteiger partial charge >= 0.3 is 0 Å². The van der Waals surface area contributed by atoms with Crippen molar-refractivity contribution in [1.82, 2.24) is 15.1 Å². The maximum Gasteiger partial charge on any atom is 0.258 e. The molecule has 0 aliphatic carbocycles. The molecule has 0 fully saturated rings. The standard InChI is InChI=1S/C24H27F2N5O/c1-5-31-17(4)19(16(3)30-31)12-13-27-24(28-22-9-7-6-8-20(22)25)29-23(32)18-11-10-15(2)21(26)14-18/h6-11,14H,5,12-13H2,1-4H3,(H2,27,28,29,32). The van der Waals surface area contributed by atoms with Crippen LogP contribution in [0.3, 0.4) is 0 Å². The molecular weight excluding hydrogens is 412 g/mol. The number of hydrogen-bond acceptors (Lipinski definition) is 3. The van der Waals surface area contributed by atoms with Crippen molar-refractivity contribution in [3.8, 4) is 0 Å². The van der Waals surface area contributed by atoms with Gasteiger partial charge in [0.15, 0.2) is 0 Å². The molecule has 168 valence electrons. The fourth-order valence-corrected chi connectivity index (χ4v) is 3.40. The first-order chi connectivity index (χ1) is 15.3. The van der Waals surface area contributed by atoms with Crippen LogP contribution < -0.4 is 10.6 Å². The van der Waals surface area contributed by atoms with Crippen LogP contribution in [0.4, 0.5) is 14.5 Å². The molecule has 8 heteroatoms. The maximum atomic E-state index is 14.2. The number of carbonyl (C=O) groups excluding carboxylic acids is 1. The van der Waals surface area contributed by atoms with Gasteiger partial charge in [0.25, 0.3) is 5.91 Å². The Morgan fingerprint density at radius 2 is 1.84 bits per heavy atom. The molecule has 0 atom stereocenters. The molecule has 0 radical (unpaired) electrons. The number of benzene rings is 2. The lowest BCUT2D eigenvalue weighted by Gasteiger charge is -2.13. The predicted molar refractivity (Wildman–Crippen MR) is 122 cm³/mol. The number of amides is 1. The lowest BCUT2D eigenvalue weighted by atomic mass is 10.1. The van der Waals surface area contributed by atoms with Gasteiger partial charge in [-0.05, 0) is 69.5 Å². The van der Waals surface area contributed by atoms with Gasteiger partial charge in [0.1, 0.15) is 11.6 Å². The van der Waals surface area contributed by atoms with Crippen LogP contribution in [0.1, 0.15) is 39.8 Å². The summed E-state index contributed by atoms with van der Waals surface area (Å²) in [7, 11) is 0. The van der Waals surface area contributed by atoms with Crippen LogP contribution in [0.5, 0.6) is 0 Å².